The highest BCUT2D eigenvalue weighted by atomic mass is 13.9. The molecule has 1 radical (unpaired) electrons. The van der Waals surface area contributed by atoms with Crippen molar-refractivity contribution in [2.24, 2.45) is 0 Å². The molecular formula is C30H39. The summed E-state index contributed by atoms with van der Waals surface area (Å²) < 4.78 is 0. The summed E-state index contributed by atoms with van der Waals surface area (Å²) in [6, 6.07) is 0. The molecule has 0 unspecified atom stereocenters. The molecule has 0 fully saturated rings. The fraction of sp³-hybridized carbons (Fsp3) is 0.267. The van der Waals surface area contributed by atoms with Gasteiger partial charge in [-0.1, -0.05) is 173 Å². The molecule has 0 aliphatic rings. The maximum absolute atomic E-state index is 5.23. The second kappa shape index (κ2) is 26.1. The minimum Gasteiger partial charge on any atom is -0.0845 e. The zero-order valence-corrected chi connectivity index (χ0v) is 18.7. The van der Waals surface area contributed by atoms with Crippen LogP contribution in [0.25, 0.3) is 0 Å². The Labute approximate surface area is 186 Å². The predicted molar refractivity (Wildman–Crippen MR) is 138 cm³/mol. The summed E-state index contributed by atoms with van der Waals surface area (Å²) >= 11 is 0. The van der Waals surface area contributed by atoms with Gasteiger partial charge in [0.05, 0.1) is 0 Å². The van der Waals surface area contributed by atoms with Crippen molar-refractivity contribution in [1.82, 2.24) is 0 Å². The van der Waals surface area contributed by atoms with E-state index in [1.807, 2.05) is 91.1 Å². The van der Waals surface area contributed by atoms with Gasteiger partial charge in [-0.15, -0.1) is 0 Å². The van der Waals surface area contributed by atoms with E-state index in [1.54, 1.807) is 6.08 Å². The standard InChI is InChI=1S/C30H39/c1-3-5-7-9-11-13-15-17-19-21-23-25-27-29-30-28-26-24-22-20-18-16-14-12-10-8-6-4-2/h1,3,5,7,9,11,13,15,17-30H,4,6,8,10,12,14,16H2,2H3/b3-1?,7-5+,11-9+,15-13+,19-17+,20-18+,23-21+,24-22+,27-25+,28-26+,30-29+. The topological polar surface area (TPSA) is 0 Å². The molecule has 0 rings (SSSR count). The maximum Gasteiger partial charge on any atom is -0.0348 e. The van der Waals surface area contributed by atoms with Crippen molar-refractivity contribution in [3.05, 3.63) is 134 Å². The molecule has 0 saturated carbocycles. The summed E-state index contributed by atoms with van der Waals surface area (Å²) in [6.07, 6.45) is 51.0. The molecule has 0 saturated heterocycles. The number of rotatable bonds is 17. The fourth-order valence-electron chi connectivity index (χ4n) is 2.37. The van der Waals surface area contributed by atoms with Crippen molar-refractivity contribution in [3.63, 3.8) is 0 Å². The van der Waals surface area contributed by atoms with Crippen LogP contribution < -0.4 is 0 Å². The molecule has 0 heteroatoms. The van der Waals surface area contributed by atoms with Crippen LogP contribution in [0, 0.1) is 6.58 Å². The zero-order chi connectivity index (χ0) is 21.8. The molecule has 0 aromatic heterocycles. The quantitative estimate of drug-likeness (QED) is 0.169. The third-order valence-electron chi connectivity index (χ3n) is 3.97. The first-order valence-corrected chi connectivity index (χ1v) is 11.1. The monoisotopic (exact) mass is 399 g/mol. The van der Waals surface area contributed by atoms with Crippen LogP contribution in [0.2, 0.25) is 0 Å². The van der Waals surface area contributed by atoms with Crippen molar-refractivity contribution in [1.29, 1.82) is 0 Å². The number of unbranched alkanes of at least 4 members (excludes halogenated alkanes) is 6. The van der Waals surface area contributed by atoms with Crippen LogP contribution in [0.3, 0.4) is 0 Å². The van der Waals surface area contributed by atoms with E-state index in [2.05, 4.69) is 31.2 Å². The molecule has 159 valence electrons. The molecule has 0 heterocycles. The van der Waals surface area contributed by atoms with Crippen molar-refractivity contribution in [3.8, 4) is 0 Å². The zero-order valence-electron chi connectivity index (χ0n) is 18.7. The van der Waals surface area contributed by atoms with E-state index in [4.69, 9.17) is 6.58 Å². The highest BCUT2D eigenvalue weighted by molar-refractivity contribution is 5.22. The molecule has 30 heavy (non-hydrogen) atoms. The first-order chi connectivity index (χ1) is 14.9. The van der Waals surface area contributed by atoms with Gasteiger partial charge in [0.2, 0.25) is 0 Å². The van der Waals surface area contributed by atoms with Crippen molar-refractivity contribution in [2.45, 2.75) is 51.9 Å². The third-order valence-corrected chi connectivity index (χ3v) is 3.97. The van der Waals surface area contributed by atoms with Crippen LogP contribution in [0.1, 0.15) is 51.9 Å². The van der Waals surface area contributed by atoms with E-state index >= 15 is 0 Å². The molecule has 0 nitrogen and oxygen atoms in total. The van der Waals surface area contributed by atoms with Gasteiger partial charge in [0.15, 0.2) is 0 Å². The lowest BCUT2D eigenvalue weighted by Crippen LogP contribution is -1.77. The maximum atomic E-state index is 5.23. The highest BCUT2D eigenvalue weighted by Crippen LogP contribution is 2.07. The summed E-state index contributed by atoms with van der Waals surface area (Å²) in [6.45, 7) is 7.49. The SMILES string of the molecule is [CH]=C/C=C/C=C/C=C/C=C/C=C/C=C/C=C/C=C/C=C/C=C/CCCCCCCC. The average molecular weight is 400 g/mol. The van der Waals surface area contributed by atoms with Crippen LogP contribution in [0.15, 0.2) is 128 Å². The molecule has 0 aliphatic carbocycles. The Bertz CT molecular complexity index is 667. The van der Waals surface area contributed by atoms with Gasteiger partial charge in [-0.3, -0.25) is 0 Å². The van der Waals surface area contributed by atoms with Crippen LogP contribution in [-0.4, -0.2) is 0 Å². The van der Waals surface area contributed by atoms with Gasteiger partial charge >= 0.3 is 0 Å². The van der Waals surface area contributed by atoms with Crippen LogP contribution in [0.4, 0.5) is 0 Å². The Kier molecular flexibility index (Phi) is 23.6. The Morgan fingerprint density at radius 3 is 1.13 bits per heavy atom. The lowest BCUT2D eigenvalue weighted by atomic mass is 10.1. The first kappa shape index (κ1) is 27.1. The van der Waals surface area contributed by atoms with Crippen molar-refractivity contribution in [2.75, 3.05) is 0 Å². The van der Waals surface area contributed by atoms with E-state index in [0.717, 1.165) is 0 Å². The van der Waals surface area contributed by atoms with Gasteiger partial charge in [0.25, 0.3) is 0 Å². The smallest absolute Gasteiger partial charge is 0.0348 e. The Hall–Kier alpha value is -2.86. The number of allylic oxidation sites excluding steroid dienone is 21. The van der Waals surface area contributed by atoms with Crippen molar-refractivity contribution >= 4 is 0 Å². The Morgan fingerprint density at radius 2 is 0.733 bits per heavy atom. The molecule has 0 aromatic carbocycles. The van der Waals surface area contributed by atoms with Crippen LogP contribution in [0.5, 0.6) is 0 Å². The minimum atomic E-state index is 1.19. The number of hydrogen-bond acceptors (Lipinski definition) is 0. The van der Waals surface area contributed by atoms with E-state index in [0.29, 0.717) is 0 Å². The van der Waals surface area contributed by atoms with Gasteiger partial charge < -0.3 is 0 Å². The predicted octanol–water partition coefficient (Wildman–Crippen LogP) is 9.29. The van der Waals surface area contributed by atoms with Gasteiger partial charge in [-0.25, -0.2) is 0 Å². The summed E-state index contributed by atoms with van der Waals surface area (Å²) in [5, 5.41) is 0. The minimum absolute atomic E-state index is 1.19. The normalized spacial score (nSPS) is 13.9. The van der Waals surface area contributed by atoms with E-state index < -0.39 is 0 Å². The largest absolute Gasteiger partial charge is 0.0845 e. The molecule has 0 N–H and O–H groups in total. The summed E-state index contributed by atoms with van der Waals surface area (Å²) in [4.78, 5) is 0. The second-order valence-corrected chi connectivity index (χ2v) is 6.64. The summed E-state index contributed by atoms with van der Waals surface area (Å²) in [7, 11) is 0. The molecule has 0 aliphatic heterocycles. The average Bonchev–Trinajstić information content (AvgIpc) is 2.76. The van der Waals surface area contributed by atoms with Gasteiger partial charge in [0.1, 0.15) is 0 Å². The van der Waals surface area contributed by atoms with E-state index in [9.17, 15) is 0 Å². The van der Waals surface area contributed by atoms with Gasteiger partial charge in [0, 0.05) is 0 Å². The Morgan fingerprint density at radius 1 is 0.400 bits per heavy atom. The molecule has 0 atom stereocenters. The van der Waals surface area contributed by atoms with E-state index in [-0.39, 0.29) is 0 Å². The van der Waals surface area contributed by atoms with Crippen LogP contribution in [-0.2, 0) is 0 Å². The lowest BCUT2D eigenvalue weighted by Gasteiger charge is -1.97. The van der Waals surface area contributed by atoms with Crippen molar-refractivity contribution < 1.29 is 0 Å². The Balaban J connectivity index is 3.77. The lowest BCUT2D eigenvalue weighted by molar-refractivity contribution is 0.611. The molecular weight excluding hydrogens is 360 g/mol. The molecule has 0 aromatic rings. The highest BCUT2D eigenvalue weighted by Gasteiger charge is 1.87. The summed E-state index contributed by atoms with van der Waals surface area (Å²) in [5.74, 6) is 0. The molecule has 0 bridgehead atoms. The number of hydrogen-bond donors (Lipinski definition) is 0. The second-order valence-electron chi connectivity index (χ2n) is 6.64. The fourth-order valence-corrected chi connectivity index (χ4v) is 2.37. The first-order valence-electron chi connectivity index (χ1n) is 11.1. The van der Waals surface area contributed by atoms with Gasteiger partial charge in [-0.2, -0.15) is 0 Å². The molecule has 0 amide bonds. The molecule has 0 spiro atoms. The van der Waals surface area contributed by atoms with E-state index in [1.165, 1.54) is 51.0 Å². The van der Waals surface area contributed by atoms with Crippen LogP contribution >= 0.6 is 0 Å². The third kappa shape index (κ3) is 25.1. The summed E-state index contributed by atoms with van der Waals surface area (Å²) in [5.41, 5.74) is 0. The van der Waals surface area contributed by atoms with Gasteiger partial charge in [-0.05, 0) is 12.8 Å².